The van der Waals surface area contributed by atoms with Gasteiger partial charge in [0.2, 0.25) is 20.8 Å². The maximum Gasteiger partial charge on any atom is 2.00 e. The van der Waals surface area contributed by atoms with Crippen LogP contribution in [0.3, 0.4) is 0 Å². The van der Waals surface area contributed by atoms with Crippen molar-refractivity contribution in [3.05, 3.63) is 24.3 Å². The topological polar surface area (TPSA) is 133 Å². The van der Waals surface area contributed by atoms with Gasteiger partial charge in [0, 0.05) is 11.8 Å². The molecule has 0 bridgehead atoms. The third kappa shape index (κ3) is 64.5. The zero-order chi connectivity index (χ0) is 47.5. The van der Waals surface area contributed by atoms with Crippen molar-refractivity contribution in [1.82, 2.24) is 0 Å². The standard InChI is InChI=1S/2C27H54O4S.Ca/c2*1-3-5-7-9-11-12-13-14-15-16-17-19-21-23-25-27(26-31-32(28,29)30)24-22-20-18-10-8-6-4-2;/h2*23,25,27H,3-22,24,26H2,1-2H3,(H,28,29,30);/q;;+2/p-2/b2*25-23+;. The fraction of sp³-hybridized carbons (Fsp3) is 0.926. The van der Waals surface area contributed by atoms with Crippen LogP contribution >= 0.6 is 0 Å². The Bertz CT molecular complexity index is 1100. The number of hydrogen-bond donors (Lipinski definition) is 0. The van der Waals surface area contributed by atoms with Crippen molar-refractivity contribution in [2.45, 2.75) is 297 Å². The van der Waals surface area contributed by atoms with Gasteiger partial charge >= 0.3 is 37.7 Å². The Balaban J connectivity index is -0.00000116. The molecule has 0 amide bonds. The van der Waals surface area contributed by atoms with Gasteiger partial charge in [0.05, 0.1) is 13.2 Å². The van der Waals surface area contributed by atoms with E-state index < -0.39 is 20.8 Å². The van der Waals surface area contributed by atoms with Crippen LogP contribution in [0.5, 0.6) is 0 Å². The summed E-state index contributed by atoms with van der Waals surface area (Å²) in [5, 5.41) is 0. The SMILES string of the molecule is CCCCCCCCCCCCCC/C=C/C(CCCCCCCCC)COS(=O)(=O)[O-].CCCCCCCCCCCCCC/C=C/C(CCCCCCCCC)COS(=O)(=O)[O-].[Ca+2]. The van der Waals surface area contributed by atoms with E-state index >= 15 is 0 Å². The summed E-state index contributed by atoms with van der Waals surface area (Å²) >= 11 is 0. The van der Waals surface area contributed by atoms with Gasteiger partial charge in [0.25, 0.3) is 0 Å². The Morgan fingerprint density at radius 3 is 0.754 bits per heavy atom. The Labute approximate surface area is 436 Å². The third-order valence-electron chi connectivity index (χ3n) is 12.5. The van der Waals surface area contributed by atoms with Crippen LogP contribution in [0.2, 0.25) is 0 Å². The Morgan fingerprint density at radius 2 is 0.538 bits per heavy atom. The Morgan fingerprint density at radius 1 is 0.338 bits per heavy atom. The molecule has 0 aliphatic rings. The molecule has 2 unspecified atom stereocenters. The van der Waals surface area contributed by atoms with E-state index in [9.17, 15) is 25.9 Å². The maximum atomic E-state index is 10.8. The summed E-state index contributed by atoms with van der Waals surface area (Å²) in [5.74, 6) is 0.0402. The van der Waals surface area contributed by atoms with Crippen molar-refractivity contribution in [2.75, 3.05) is 13.2 Å². The van der Waals surface area contributed by atoms with E-state index in [1.165, 1.54) is 218 Å². The van der Waals surface area contributed by atoms with E-state index in [1.54, 1.807) is 0 Å². The average molecular weight is 988 g/mol. The van der Waals surface area contributed by atoms with Crippen molar-refractivity contribution < 1.29 is 34.3 Å². The van der Waals surface area contributed by atoms with Crippen molar-refractivity contribution >= 4 is 58.5 Å². The van der Waals surface area contributed by atoms with Crippen LogP contribution in [0, 0.1) is 11.8 Å². The molecule has 0 aliphatic heterocycles. The molecule has 0 saturated heterocycles. The Kier molecular flexibility index (Phi) is 59.4. The normalized spacial score (nSPS) is 13.0. The first-order valence-corrected chi connectivity index (χ1v) is 30.2. The molecule has 0 saturated carbocycles. The predicted molar refractivity (Wildman–Crippen MR) is 279 cm³/mol. The molecule has 0 aromatic heterocycles. The predicted octanol–water partition coefficient (Wildman–Crippen LogP) is 17.4. The third-order valence-corrected chi connectivity index (χ3v) is 13.3. The summed E-state index contributed by atoms with van der Waals surface area (Å²) in [6.07, 6.45) is 61.8. The molecule has 65 heavy (non-hydrogen) atoms. The van der Waals surface area contributed by atoms with Crippen molar-refractivity contribution in [1.29, 1.82) is 0 Å². The first kappa shape index (κ1) is 69.7. The average Bonchev–Trinajstić information content (AvgIpc) is 3.26. The van der Waals surface area contributed by atoms with Gasteiger partial charge < -0.3 is 9.11 Å². The summed E-state index contributed by atoms with van der Waals surface area (Å²) in [5.41, 5.74) is 0. The first-order chi connectivity index (χ1) is 31.0. The fourth-order valence-electron chi connectivity index (χ4n) is 8.32. The van der Waals surface area contributed by atoms with Gasteiger partial charge in [-0.05, 0) is 38.5 Å². The van der Waals surface area contributed by atoms with Gasteiger partial charge in [-0.15, -0.1) is 0 Å². The largest absolute Gasteiger partial charge is 2.00 e. The number of allylic oxidation sites excluding steroid dienone is 2. The zero-order valence-corrected chi connectivity index (χ0v) is 47.2. The van der Waals surface area contributed by atoms with Crippen LogP contribution in [0.1, 0.15) is 297 Å². The molecule has 0 rings (SSSR count). The molecule has 0 aliphatic carbocycles. The van der Waals surface area contributed by atoms with Crippen LogP contribution in [0.25, 0.3) is 0 Å². The van der Waals surface area contributed by atoms with E-state index in [1.807, 2.05) is 0 Å². The van der Waals surface area contributed by atoms with Crippen LogP contribution in [0.15, 0.2) is 24.3 Å². The van der Waals surface area contributed by atoms with E-state index in [4.69, 9.17) is 0 Å². The first-order valence-electron chi connectivity index (χ1n) is 27.5. The van der Waals surface area contributed by atoms with Gasteiger partial charge in [-0.2, -0.15) is 0 Å². The van der Waals surface area contributed by atoms with Crippen molar-refractivity contribution in [3.8, 4) is 0 Å². The maximum absolute atomic E-state index is 10.8. The summed E-state index contributed by atoms with van der Waals surface area (Å²) in [7, 11) is -9.21. The summed E-state index contributed by atoms with van der Waals surface area (Å²) in [4.78, 5) is 0. The van der Waals surface area contributed by atoms with E-state index in [0.29, 0.717) is 0 Å². The summed E-state index contributed by atoms with van der Waals surface area (Å²) < 4.78 is 73.9. The molecular formula is C54H106CaO8S2. The van der Waals surface area contributed by atoms with Gasteiger partial charge in [-0.1, -0.05) is 283 Å². The number of unbranched alkanes of at least 4 members (excludes halogenated alkanes) is 36. The molecule has 11 heteroatoms. The minimum Gasteiger partial charge on any atom is -0.726 e. The second-order valence-corrected chi connectivity index (χ2v) is 21.0. The van der Waals surface area contributed by atoms with Crippen LogP contribution in [0.4, 0.5) is 0 Å². The molecule has 0 fully saturated rings. The van der Waals surface area contributed by atoms with Crippen molar-refractivity contribution in [2.24, 2.45) is 11.8 Å². The van der Waals surface area contributed by atoms with E-state index in [-0.39, 0.29) is 62.8 Å². The number of rotatable bonds is 50. The monoisotopic (exact) mass is 987 g/mol. The molecule has 0 N–H and O–H groups in total. The molecule has 384 valence electrons. The second-order valence-electron chi connectivity index (χ2n) is 18.9. The number of hydrogen-bond acceptors (Lipinski definition) is 8. The zero-order valence-electron chi connectivity index (χ0n) is 43.4. The molecule has 0 aromatic rings. The quantitative estimate of drug-likeness (QED) is 0.0193. The summed E-state index contributed by atoms with van der Waals surface area (Å²) in [6.45, 7) is 8.94. The van der Waals surface area contributed by atoms with Crippen LogP contribution < -0.4 is 0 Å². The van der Waals surface area contributed by atoms with E-state index in [2.05, 4.69) is 60.4 Å². The van der Waals surface area contributed by atoms with E-state index in [0.717, 1.165) is 51.4 Å². The molecule has 8 nitrogen and oxygen atoms in total. The fourth-order valence-corrected chi connectivity index (χ4v) is 9.01. The smallest absolute Gasteiger partial charge is 0.726 e. The molecular weight excluding hydrogens is 881 g/mol. The molecule has 0 radical (unpaired) electrons. The molecule has 0 heterocycles. The van der Waals surface area contributed by atoms with Gasteiger partial charge in [0.1, 0.15) is 0 Å². The minimum atomic E-state index is -4.61. The van der Waals surface area contributed by atoms with Gasteiger partial charge in [-0.25, -0.2) is 16.8 Å². The molecule has 0 aromatic carbocycles. The van der Waals surface area contributed by atoms with Crippen LogP contribution in [-0.4, -0.2) is 76.9 Å². The second kappa shape index (κ2) is 55.4. The minimum absolute atomic E-state index is 0. The Hall–Kier alpha value is 0.480. The molecule has 2 atom stereocenters. The molecule has 0 spiro atoms. The van der Waals surface area contributed by atoms with Crippen molar-refractivity contribution in [3.63, 3.8) is 0 Å². The summed E-state index contributed by atoms with van der Waals surface area (Å²) in [6, 6.07) is 0. The van der Waals surface area contributed by atoms with Gasteiger partial charge in [-0.3, -0.25) is 8.37 Å². The van der Waals surface area contributed by atoms with Gasteiger partial charge in [0.15, 0.2) is 0 Å². The van der Waals surface area contributed by atoms with Crippen LogP contribution in [-0.2, 0) is 29.2 Å².